The van der Waals surface area contributed by atoms with Crippen LogP contribution in [0.15, 0.2) is 12.2 Å². The second kappa shape index (κ2) is 3.42. The molecule has 1 heteroatoms. The van der Waals surface area contributed by atoms with E-state index in [1.807, 2.05) is 6.08 Å². The Bertz CT molecular complexity index is 103. The molecule has 0 unspecified atom stereocenters. The molecule has 0 N–H and O–H groups in total. The average molecular weight is 112 g/mol. The highest BCUT2D eigenvalue weighted by Crippen LogP contribution is 2.04. The summed E-state index contributed by atoms with van der Waals surface area (Å²) in [5, 5.41) is 0. The highest BCUT2D eigenvalue weighted by molar-refractivity contribution is 5.90. The van der Waals surface area contributed by atoms with Crippen molar-refractivity contribution in [3.63, 3.8) is 0 Å². The number of ketones is 1. The van der Waals surface area contributed by atoms with Crippen molar-refractivity contribution in [2.24, 2.45) is 0 Å². The monoisotopic (exact) mass is 112 g/mol. The van der Waals surface area contributed by atoms with Gasteiger partial charge in [-0.2, -0.15) is 0 Å². The molecule has 0 aromatic carbocycles. The van der Waals surface area contributed by atoms with Crippen molar-refractivity contribution >= 4 is 5.78 Å². The predicted molar refractivity (Wildman–Crippen MR) is 34.7 cm³/mol. The third-order valence-electron chi connectivity index (χ3n) is 1.10. The SMILES string of the molecule is C.O=C1C=CCCC1. The standard InChI is InChI=1S/C6H8O.CH4/c7-6-4-2-1-3-5-6;/h2,4H,1,3,5H2;1H4. The topological polar surface area (TPSA) is 17.1 Å². The lowest BCUT2D eigenvalue weighted by atomic mass is 10.1. The molecule has 0 spiro atoms. The highest BCUT2D eigenvalue weighted by atomic mass is 16.1. The molecule has 1 nitrogen and oxygen atoms in total. The number of rotatable bonds is 0. The zero-order chi connectivity index (χ0) is 5.11. The van der Waals surface area contributed by atoms with Crippen LogP contribution in [0.1, 0.15) is 26.7 Å². The van der Waals surface area contributed by atoms with Gasteiger partial charge in [0.1, 0.15) is 0 Å². The quantitative estimate of drug-likeness (QED) is 0.468. The van der Waals surface area contributed by atoms with Gasteiger partial charge in [-0.1, -0.05) is 13.5 Å². The minimum Gasteiger partial charge on any atom is -0.295 e. The Balaban J connectivity index is 0.000000490. The Labute approximate surface area is 50.4 Å². The van der Waals surface area contributed by atoms with Crippen LogP contribution in [-0.2, 0) is 4.79 Å². The van der Waals surface area contributed by atoms with Crippen LogP contribution >= 0.6 is 0 Å². The van der Waals surface area contributed by atoms with Crippen LogP contribution in [0.25, 0.3) is 0 Å². The van der Waals surface area contributed by atoms with E-state index in [1.54, 1.807) is 6.08 Å². The summed E-state index contributed by atoms with van der Waals surface area (Å²) in [5.41, 5.74) is 0. The Morgan fingerprint density at radius 1 is 1.50 bits per heavy atom. The molecule has 0 aliphatic heterocycles. The average Bonchev–Trinajstić information content (AvgIpc) is 1.69. The van der Waals surface area contributed by atoms with E-state index in [1.165, 1.54) is 0 Å². The van der Waals surface area contributed by atoms with Gasteiger partial charge in [0.2, 0.25) is 0 Å². The van der Waals surface area contributed by atoms with Crippen LogP contribution in [0.4, 0.5) is 0 Å². The first-order chi connectivity index (χ1) is 3.39. The lowest BCUT2D eigenvalue weighted by Crippen LogP contribution is -1.95. The van der Waals surface area contributed by atoms with E-state index in [2.05, 4.69) is 0 Å². The van der Waals surface area contributed by atoms with E-state index in [0.717, 1.165) is 19.3 Å². The molecule has 0 bridgehead atoms. The van der Waals surface area contributed by atoms with Gasteiger partial charge in [-0.15, -0.1) is 0 Å². The van der Waals surface area contributed by atoms with Gasteiger partial charge in [0.05, 0.1) is 0 Å². The Hall–Kier alpha value is -0.590. The molecule has 1 rings (SSSR count). The normalized spacial score (nSPS) is 17.8. The molecule has 0 saturated carbocycles. The number of allylic oxidation sites excluding steroid dienone is 2. The molecule has 0 fully saturated rings. The third-order valence-corrected chi connectivity index (χ3v) is 1.10. The summed E-state index contributed by atoms with van der Waals surface area (Å²) in [6.07, 6.45) is 6.51. The summed E-state index contributed by atoms with van der Waals surface area (Å²) in [4.78, 5) is 10.4. The number of carbonyl (C=O) groups excluding carboxylic acids is 1. The minimum absolute atomic E-state index is 0. The Morgan fingerprint density at radius 2 is 2.25 bits per heavy atom. The molecule has 0 amide bonds. The van der Waals surface area contributed by atoms with Gasteiger partial charge >= 0.3 is 0 Å². The predicted octanol–water partition coefficient (Wildman–Crippen LogP) is 1.93. The molecule has 8 heavy (non-hydrogen) atoms. The fourth-order valence-electron chi connectivity index (χ4n) is 0.692. The van der Waals surface area contributed by atoms with Crippen molar-refractivity contribution in [3.05, 3.63) is 12.2 Å². The first kappa shape index (κ1) is 7.41. The van der Waals surface area contributed by atoms with Gasteiger partial charge in [0, 0.05) is 6.42 Å². The van der Waals surface area contributed by atoms with Crippen molar-refractivity contribution in [1.29, 1.82) is 0 Å². The van der Waals surface area contributed by atoms with E-state index in [-0.39, 0.29) is 13.2 Å². The summed E-state index contributed by atoms with van der Waals surface area (Å²) in [7, 11) is 0. The van der Waals surface area contributed by atoms with Crippen molar-refractivity contribution in [2.75, 3.05) is 0 Å². The number of carbonyl (C=O) groups is 1. The van der Waals surface area contributed by atoms with E-state index in [4.69, 9.17) is 0 Å². The lowest BCUT2D eigenvalue weighted by molar-refractivity contribution is -0.114. The first-order valence-electron chi connectivity index (χ1n) is 2.59. The molecule has 0 aromatic rings. The van der Waals surface area contributed by atoms with Gasteiger partial charge in [0.25, 0.3) is 0 Å². The van der Waals surface area contributed by atoms with Gasteiger partial charge in [0.15, 0.2) is 5.78 Å². The fraction of sp³-hybridized carbons (Fsp3) is 0.571. The molecular formula is C7H12O. The maximum absolute atomic E-state index is 10.4. The van der Waals surface area contributed by atoms with Gasteiger partial charge in [-0.25, -0.2) is 0 Å². The second-order valence-electron chi connectivity index (χ2n) is 1.76. The molecule has 1 aliphatic rings. The van der Waals surface area contributed by atoms with Crippen LogP contribution in [0.2, 0.25) is 0 Å². The molecule has 0 heterocycles. The molecule has 0 atom stereocenters. The molecule has 0 radical (unpaired) electrons. The number of hydrogen-bond donors (Lipinski definition) is 0. The van der Waals surface area contributed by atoms with Gasteiger partial charge < -0.3 is 0 Å². The fourth-order valence-corrected chi connectivity index (χ4v) is 0.692. The maximum Gasteiger partial charge on any atom is 0.155 e. The summed E-state index contributed by atoms with van der Waals surface area (Å²) in [5.74, 6) is 0.284. The van der Waals surface area contributed by atoms with E-state index < -0.39 is 0 Å². The molecule has 0 aromatic heterocycles. The van der Waals surface area contributed by atoms with E-state index in [9.17, 15) is 4.79 Å². The van der Waals surface area contributed by atoms with Crippen molar-refractivity contribution in [1.82, 2.24) is 0 Å². The largest absolute Gasteiger partial charge is 0.295 e. The second-order valence-corrected chi connectivity index (χ2v) is 1.76. The summed E-state index contributed by atoms with van der Waals surface area (Å²) >= 11 is 0. The van der Waals surface area contributed by atoms with E-state index in [0.29, 0.717) is 0 Å². The summed E-state index contributed by atoms with van der Waals surface area (Å²) < 4.78 is 0. The number of hydrogen-bond acceptors (Lipinski definition) is 1. The van der Waals surface area contributed by atoms with Crippen molar-refractivity contribution < 1.29 is 4.79 Å². The van der Waals surface area contributed by atoms with Gasteiger partial charge in [-0.3, -0.25) is 4.79 Å². The smallest absolute Gasteiger partial charge is 0.155 e. The zero-order valence-corrected chi connectivity index (χ0v) is 4.18. The minimum atomic E-state index is 0. The first-order valence-corrected chi connectivity index (χ1v) is 2.59. The highest BCUT2D eigenvalue weighted by Gasteiger charge is 1.98. The molecular weight excluding hydrogens is 100 g/mol. The van der Waals surface area contributed by atoms with Crippen molar-refractivity contribution in [2.45, 2.75) is 26.7 Å². The molecule has 46 valence electrons. The summed E-state index contributed by atoms with van der Waals surface area (Å²) in [6, 6.07) is 0. The van der Waals surface area contributed by atoms with Gasteiger partial charge in [-0.05, 0) is 18.9 Å². The Morgan fingerprint density at radius 3 is 2.50 bits per heavy atom. The lowest BCUT2D eigenvalue weighted by Gasteiger charge is -1.97. The molecule has 1 aliphatic carbocycles. The van der Waals surface area contributed by atoms with Crippen LogP contribution < -0.4 is 0 Å². The van der Waals surface area contributed by atoms with Crippen LogP contribution in [0.5, 0.6) is 0 Å². The van der Waals surface area contributed by atoms with Crippen LogP contribution in [0, 0.1) is 0 Å². The van der Waals surface area contributed by atoms with Crippen LogP contribution in [0.3, 0.4) is 0 Å². The molecule has 0 saturated heterocycles. The van der Waals surface area contributed by atoms with E-state index >= 15 is 0 Å². The van der Waals surface area contributed by atoms with Crippen LogP contribution in [-0.4, -0.2) is 5.78 Å². The third kappa shape index (κ3) is 1.92. The zero-order valence-electron chi connectivity index (χ0n) is 4.18. The summed E-state index contributed by atoms with van der Waals surface area (Å²) in [6.45, 7) is 0. The maximum atomic E-state index is 10.4. The Kier molecular flexibility index (Phi) is 3.16. The van der Waals surface area contributed by atoms with Crippen molar-refractivity contribution in [3.8, 4) is 0 Å².